The molecule has 0 spiro atoms. The average Bonchev–Trinajstić information content (AvgIpc) is 3.28. The molecule has 4 heterocycles. The fraction of sp³-hybridized carbons (Fsp3) is 0.423. The summed E-state index contributed by atoms with van der Waals surface area (Å²) in [5.74, 6) is 1.71. The van der Waals surface area contributed by atoms with Gasteiger partial charge in [0.25, 0.3) is 10.0 Å². The number of rotatable bonds is 9. The van der Waals surface area contributed by atoms with Crippen molar-refractivity contribution in [3.8, 4) is 22.6 Å². The van der Waals surface area contributed by atoms with Gasteiger partial charge >= 0.3 is 6.55 Å². The summed E-state index contributed by atoms with van der Waals surface area (Å²) in [6, 6.07) is 4.95. The molecular formula is C26H27F2N9O3S. The number of nitrogens with one attached hydrogen (secondary N) is 2. The van der Waals surface area contributed by atoms with Crippen LogP contribution in [0.15, 0.2) is 49.2 Å². The Kier molecular flexibility index (Phi) is 6.23. The maximum Gasteiger partial charge on any atom is 0.333 e. The molecule has 214 valence electrons. The van der Waals surface area contributed by atoms with Crippen LogP contribution in [0.25, 0.3) is 22.6 Å². The van der Waals surface area contributed by atoms with Crippen LogP contribution in [0, 0.1) is 11.8 Å². The Bertz CT molecular complexity index is 1710. The minimum atomic E-state index is -3.51. The van der Waals surface area contributed by atoms with Crippen LogP contribution in [-0.2, 0) is 10.0 Å². The fourth-order valence-electron chi connectivity index (χ4n) is 5.89. The van der Waals surface area contributed by atoms with E-state index in [9.17, 15) is 22.3 Å². The number of fused-ring (bicyclic) bond motifs is 2. The van der Waals surface area contributed by atoms with E-state index in [-0.39, 0.29) is 23.9 Å². The number of aromatic nitrogens is 7. The largest absolute Gasteiger partial charge is 0.393 e. The highest BCUT2D eigenvalue weighted by atomic mass is 32.2. The second-order valence-electron chi connectivity index (χ2n) is 10.9. The van der Waals surface area contributed by atoms with Crippen molar-refractivity contribution < 1.29 is 22.3 Å². The van der Waals surface area contributed by atoms with E-state index in [0.717, 1.165) is 23.3 Å². The lowest BCUT2D eigenvalue weighted by atomic mass is 9.92. The van der Waals surface area contributed by atoms with Gasteiger partial charge in [-0.3, -0.25) is 0 Å². The third kappa shape index (κ3) is 4.92. The number of hydrogen-bond acceptors (Lipinski definition) is 10. The molecule has 0 aliphatic heterocycles. The summed E-state index contributed by atoms with van der Waals surface area (Å²) >= 11 is 0. The van der Waals surface area contributed by atoms with Gasteiger partial charge in [-0.05, 0) is 50.2 Å². The Labute approximate surface area is 233 Å². The first-order chi connectivity index (χ1) is 19.7. The Morgan fingerprint density at radius 1 is 1.07 bits per heavy atom. The zero-order chi connectivity index (χ0) is 28.3. The first-order valence-corrected chi connectivity index (χ1v) is 14.9. The molecule has 0 radical (unpaired) electrons. The smallest absolute Gasteiger partial charge is 0.333 e. The molecule has 4 aromatic rings. The van der Waals surface area contributed by atoms with E-state index in [1.165, 1.54) is 24.7 Å². The summed E-state index contributed by atoms with van der Waals surface area (Å²) in [5.41, 5.74) is 2.00. The number of anilines is 3. The van der Waals surface area contributed by atoms with Crippen molar-refractivity contribution in [2.24, 2.45) is 11.8 Å². The quantitative estimate of drug-likeness (QED) is 0.266. The molecule has 0 amide bonds. The standard InChI is InChI=1S/C26H27F2N9O3S/c27-26(28)36-6-4-19(35-36)18-12-30-24(10-21(18)32-20-8-14-7-17(20)22(38)9-14)33-23-3-5-29-25(34-23)15-11-31-37(13-15)41(39,40)16-1-2-16/h3-6,10-14,16-17,20,22,26,38H,1-2,7-9H2,(H2,29,30,32,33,34). The van der Waals surface area contributed by atoms with E-state index < -0.39 is 21.8 Å². The molecule has 3 aliphatic carbocycles. The number of nitrogens with zero attached hydrogens (tertiary/aromatic N) is 7. The van der Waals surface area contributed by atoms with E-state index in [1.54, 1.807) is 24.5 Å². The normalized spacial score (nSPS) is 23.8. The molecule has 7 rings (SSSR count). The zero-order valence-electron chi connectivity index (χ0n) is 21.7. The number of halogens is 2. The second-order valence-corrected chi connectivity index (χ2v) is 12.9. The molecule has 4 aromatic heterocycles. The van der Waals surface area contributed by atoms with Crippen LogP contribution >= 0.6 is 0 Å². The highest BCUT2D eigenvalue weighted by Gasteiger charge is 2.45. The molecule has 0 aromatic carbocycles. The van der Waals surface area contributed by atoms with Gasteiger partial charge in [0.1, 0.15) is 11.6 Å². The van der Waals surface area contributed by atoms with E-state index in [0.29, 0.717) is 57.6 Å². The Morgan fingerprint density at radius 2 is 1.93 bits per heavy atom. The molecule has 3 N–H and O–H groups in total. The summed E-state index contributed by atoms with van der Waals surface area (Å²) in [5, 5.41) is 24.7. The first kappa shape index (κ1) is 26.0. The van der Waals surface area contributed by atoms with Crippen LogP contribution in [0.5, 0.6) is 0 Å². The van der Waals surface area contributed by atoms with Crippen LogP contribution < -0.4 is 10.6 Å². The van der Waals surface area contributed by atoms with Gasteiger partial charge in [-0.1, -0.05) is 0 Å². The van der Waals surface area contributed by atoms with Crippen molar-refractivity contribution in [2.75, 3.05) is 10.6 Å². The zero-order valence-corrected chi connectivity index (χ0v) is 22.5. The Morgan fingerprint density at radius 3 is 2.66 bits per heavy atom. The number of hydrogen-bond donors (Lipinski definition) is 3. The number of aliphatic hydroxyl groups is 1. The second kappa shape index (κ2) is 9.83. The van der Waals surface area contributed by atoms with Gasteiger partial charge < -0.3 is 15.7 Å². The highest BCUT2D eigenvalue weighted by Crippen LogP contribution is 2.46. The average molecular weight is 584 g/mol. The molecule has 3 aliphatic rings. The Balaban J connectivity index is 1.17. The van der Waals surface area contributed by atoms with Gasteiger partial charge in [-0.15, -0.1) is 0 Å². The van der Waals surface area contributed by atoms with Crippen LogP contribution in [0.3, 0.4) is 0 Å². The van der Waals surface area contributed by atoms with E-state index >= 15 is 0 Å². The summed E-state index contributed by atoms with van der Waals surface area (Å²) in [4.78, 5) is 13.2. The molecule has 41 heavy (non-hydrogen) atoms. The van der Waals surface area contributed by atoms with Gasteiger partial charge in [0.05, 0.1) is 35.0 Å². The van der Waals surface area contributed by atoms with Gasteiger partial charge in [-0.25, -0.2) is 28.1 Å². The first-order valence-electron chi connectivity index (χ1n) is 13.4. The van der Waals surface area contributed by atoms with Crippen molar-refractivity contribution in [1.82, 2.24) is 33.9 Å². The molecule has 12 nitrogen and oxygen atoms in total. The van der Waals surface area contributed by atoms with Crippen molar-refractivity contribution >= 4 is 27.3 Å². The highest BCUT2D eigenvalue weighted by molar-refractivity contribution is 7.90. The molecule has 4 unspecified atom stereocenters. The monoisotopic (exact) mass is 583 g/mol. The predicted octanol–water partition coefficient (Wildman–Crippen LogP) is 3.65. The van der Waals surface area contributed by atoms with Crippen LogP contribution in [-0.4, -0.2) is 64.8 Å². The lowest BCUT2D eigenvalue weighted by molar-refractivity contribution is 0.0568. The van der Waals surface area contributed by atoms with Crippen molar-refractivity contribution in [1.29, 1.82) is 0 Å². The van der Waals surface area contributed by atoms with Crippen LogP contribution in [0.4, 0.5) is 26.1 Å². The van der Waals surface area contributed by atoms with Gasteiger partial charge in [0.15, 0.2) is 5.82 Å². The third-order valence-electron chi connectivity index (χ3n) is 8.04. The molecule has 2 bridgehead atoms. The van der Waals surface area contributed by atoms with Gasteiger partial charge in [0.2, 0.25) is 0 Å². The maximum absolute atomic E-state index is 13.2. The van der Waals surface area contributed by atoms with Gasteiger partial charge in [-0.2, -0.15) is 23.1 Å². The third-order valence-corrected chi connectivity index (χ3v) is 10.1. The van der Waals surface area contributed by atoms with Crippen molar-refractivity contribution in [2.45, 2.75) is 56.0 Å². The minimum absolute atomic E-state index is 0.0315. The number of pyridine rings is 1. The van der Waals surface area contributed by atoms with Gasteiger partial charge in [0, 0.05) is 47.9 Å². The van der Waals surface area contributed by atoms with Crippen LogP contribution in [0.1, 0.15) is 38.7 Å². The molecule has 0 saturated heterocycles. The SMILES string of the molecule is O=S(=O)(C1CC1)n1cc(-c2nccc(Nc3cc(NC4CC5CC(O)C4C5)c(-c4ccn(C(F)F)n4)cn3)n2)cn1. The summed E-state index contributed by atoms with van der Waals surface area (Å²) in [6.07, 6.45) is 10.7. The molecular weight excluding hydrogens is 556 g/mol. The van der Waals surface area contributed by atoms with Crippen molar-refractivity contribution in [3.63, 3.8) is 0 Å². The lowest BCUT2D eigenvalue weighted by Gasteiger charge is -2.28. The number of aliphatic hydroxyl groups excluding tert-OH is 1. The topological polar surface area (TPSA) is 153 Å². The summed E-state index contributed by atoms with van der Waals surface area (Å²) < 4.78 is 53.0. The van der Waals surface area contributed by atoms with E-state index in [2.05, 4.69) is 35.8 Å². The molecule has 15 heteroatoms. The summed E-state index contributed by atoms with van der Waals surface area (Å²) in [7, 11) is -3.51. The lowest BCUT2D eigenvalue weighted by Crippen LogP contribution is -2.34. The van der Waals surface area contributed by atoms with E-state index in [4.69, 9.17) is 0 Å². The molecule has 3 fully saturated rings. The van der Waals surface area contributed by atoms with E-state index in [1.807, 2.05) is 0 Å². The predicted molar refractivity (Wildman–Crippen MR) is 145 cm³/mol. The molecule has 3 saturated carbocycles. The number of alkyl halides is 2. The van der Waals surface area contributed by atoms with Crippen LogP contribution in [0.2, 0.25) is 0 Å². The minimum Gasteiger partial charge on any atom is -0.393 e. The fourth-order valence-corrected chi connectivity index (χ4v) is 7.37. The Hall–Kier alpha value is -3.98. The molecule has 4 atom stereocenters. The summed E-state index contributed by atoms with van der Waals surface area (Å²) in [6.45, 7) is -2.76. The van der Waals surface area contributed by atoms with Crippen molar-refractivity contribution in [3.05, 3.63) is 49.2 Å². The maximum atomic E-state index is 13.2.